The topological polar surface area (TPSA) is 15.3 Å². The fraction of sp³-hybridized carbons (Fsp3) is 0.684. The summed E-state index contributed by atoms with van der Waals surface area (Å²) in [4.78, 5) is 2.60. The summed E-state index contributed by atoms with van der Waals surface area (Å²) in [6.45, 7) is 14.6. The van der Waals surface area contributed by atoms with E-state index in [1.54, 1.807) is 0 Å². The maximum Gasteiger partial charge on any atom is 0.0412 e. The van der Waals surface area contributed by atoms with Crippen molar-refractivity contribution in [2.24, 2.45) is 5.92 Å². The van der Waals surface area contributed by atoms with Crippen LogP contribution in [0.25, 0.3) is 0 Å². The van der Waals surface area contributed by atoms with Gasteiger partial charge in [0, 0.05) is 30.9 Å². The van der Waals surface area contributed by atoms with Crippen molar-refractivity contribution in [3.05, 3.63) is 29.3 Å². The van der Waals surface area contributed by atoms with Crippen molar-refractivity contribution in [1.82, 2.24) is 5.32 Å². The molecule has 2 rings (SSSR count). The fourth-order valence-corrected chi connectivity index (χ4v) is 3.03. The standard InChI is InChI=1S/C19H32N2/c1-15-7-6-11-21(12-10-15)18-9-8-16(2)13-17(18)14-20-19(3,4)5/h8-9,13,15,20H,6-7,10-12,14H2,1-5H3. The van der Waals surface area contributed by atoms with Crippen LogP contribution in [-0.4, -0.2) is 18.6 Å². The fourth-order valence-electron chi connectivity index (χ4n) is 3.03. The minimum Gasteiger partial charge on any atom is -0.371 e. The molecule has 0 bridgehead atoms. The maximum atomic E-state index is 3.64. The number of nitrogens with zero attached hydrogens (tertiary/aromatic N) is 1. The van der Waals surface area contributed by atoms with E-state index in [9.17, 15) is 0 Å². The average Bonchev–Trinajstić information content (AvgIpc) is 2.61. The molecule has 1 aromatic carbocycles. The third-order valence-electron chi connectivity index (χ3n) is 4.40. The van der Waals surface area contributed by atoms with Gasteiger partial charge in [0.15, 0.2) is 0 Å². The summed E-state index contributed by atoms with van der Waals surface area (Å²) in [7, 11) is 0. The van der Waals surface area contributed by atoms with E-state index in [4.69, 9.17) is 0 Å². The zero-order chi connectivity index (χ0) is 15.5. The predicted octanol–water partition coefficient (Wildman–Crippen LogP) is 4.51. The number of aryl methyl sites for hydroxylation is 1. The molecule has 0 radical (unpaired) electrons. The third kappa shape index (κ3) is 5.03. The Labute approximate surface area is 130 Å². The number of anilines is 1. The molecule has 21 heavy (non-hydrogen) atoms. The summed E-state index contributed by atoms with van der Waals surface area (Å²) in [6, 6.07) is 6.93. The highest BCUT2D eigenvalue weighted by atomic mass is 15.1. The average molecular weight is 288 g/mol. The molecule has 1 atom stereocenters. The van der Waals surface area contributed by atoms with Crippen LogP contribution in [0.5, 0.6) is 0 Å². The third-order valence-corrected chi connectivity index (χ3v) is 4.40. The van der Waals surface area contributed by atoms with E-state index in [1.165, 1.54) is 49.2 Å². The molecule has 1 saturated heterocycles. The number of hydrogen-bond acceptors (Lipinski definition) is 2. The molecule has 0 aromatic heterocycles. The predicted molar refractivity (Wildman–Crippen MR) is 93.0 cm³/mol. The highest BCUT2D eigenvalue weighted by Gasteiger charge is 2.17. The minimum atomic E-state index is 0.161. The van der Waals surface area contributed by atoms with E-state index < -0.39 is 0 Å². The highest BCUT2D eigenvalue weighted by Crippen LogP contribution is 2.27. The summed E-state index contributed by atoms with van der Waals surface area (Å²) in [5.41, 5.74) is 4.40. The maximum absolute atomic E-state index is 3.64. The van der Waals surface area contributed by atoms with E-state index in [0.717, 1.165) is 12.5 Å². The monoisotopic (exact) mass is 288 g/mol. The molecule has 1 aromatic rings. The van der Waals surface area contributed by atoms with Crippen molar-refractivity contribution >= 4 is 5.69 Å². The van der Waals surface area contributed by atoms with Gasteiger partial charge in [0.05, 0.1) is 0 Å². The van der Waals surface area contributed by atoms with Crippen LogP contribution in [0.3, 0.4) is 0 Å². The van der Waals surface area contributed by atoms with Gasteiger partial charge < -0.3 is 10.2 Å². The first-order valence-electron chi connectivity index (χ1n) is 8.45. The molecular formula is C19H32N2. The van der Waals surface area contributed by atoms with Crippen LogP contribution in [-0.2, 0) is 6.54 Å². The molecular weight excluding hydrogens is 256 g/mol. The molecule has 2 heteroatoms. The van der Waals surface area contributed by atoms with E-state index in [2.05, 4.69) is 63.0 Å². The summed E-state index contributed by atoms with van der Waals surface area (Å²) < 4.78 is 0. The van der Waals surface area contributed by atoms with Crippen LogP contribution in [0.15, 0.2) is 18.2 Å². The molecule has 2 nitrogen and oxygen atoms in total. The lowest BCUT2D eigenvalue weighted by atomic mass is 10.0. The molecule has 0 spiro atoms. The lowest BCUT2D eigenvalue weighted by Gasteiger charge is -2.28. The van der Waals surface area contributed by atoms with Gasteiger partial charge in [-0.2, -0.15) is 0 Å². The Balaban J connectivity index is 2.17. The van der Waals surface area contributed by atoms with E-state index >= 15 is 0 Å². The van der Waals surface area contributed by atoms with Crippen LogP contribution in [0.1, 0.15) is 58.1 Å². The Hall–Kier alpha value is -1.02. The van der Waals surface area contributed by atoms with E-state index in [1.807, 2.05) is 0 Å². The molecule has 1 N–H and O–H groups in total. The van der Waals surface area contributed by atoms with Crippen LogP contribution < -0.4 is 10.2 Å². The lowest BCUT2D eigenvalue weighted by Crippen LogP contribution is -2.36. The van der Waals surface area contributed by atoms with Crippen molar-refractivity contribution in [1.29, 1.82) is 0 Å². The second-order valence-electron chi connectivity index (χ2n) is 7.76. The van der Waals surface area contributed by atoms with Gasteiger partial charge in [-0.15, -0.1) is 0 Å². The van der Waals surface area contributed by atoms with Gasteiger partial charge in [0.25, 0.3) is 0 Å². The molecule has 1 aliphatic rings. The van der Waals surface area contributed by atoms with Gasteiger partial charge in [-0.25, -0.2) is 0 Å². The molecule has 0 aliphatic carbocycles. The minimum absolute atomic E-state index is 0.161. The first-order valence-corrected chi connectivity index (χ1v) is 8.45. The van der Waals surface area contributed by atoms with Crippen molar-refractivity contribution in [2.45, 2.75) is 66.0 Å². The molecule has 118 valence electrons. The quantitative estimate of drug-likeness (QED) is 0.880. The molecule has 1 fully saturated rings. The zero-order valence-electron chi connectivity index (χ0n) is 14.5. The first-order chi connectivity index (χ1) is 9.85. The van der Waals surface area contributed by atoms with Gasteiger partial charge in [-0.1, -0.05) is 24.6 Å². The lowest BCUT2D eigenvalue weighted by molar-refractivity contribution is 0.424. The van der Waals surface area contributed by atoms with Crippen molar-refractivity contribution < 1.29 is 0 Å². The first kappa shape index (κ1) is 16.4. The van der Waals surface area contributed by atoms with Crippen molar-refractivity contribution in [2.75, 3.05) is 18.0 Å². The normalized spacial score (nSPS) is 20.4. The molecule has 0 amide bonds. The van der Waals surface area contributed by atoms with Gasteiger partial charge in [0.1, 0.15) is 0 Å². The second kappa shape index (κ2) is 6.83. The largest absolute Gasteiger partial charge is 0.371 e. The van der Waals surface area contributed by atoms with Gasteiger partial charge in [-0.3, -0.25) is 0 Å². The van der Waals surface area contributed by atoms with Crippen molar-refractivity contribution in [3.63, 3.8) is 0 Å². The van der Waals surface area contributed by atoms with Crippen molar-refractivity contribution in [3.8, 4) is 0 Å². The zero-order valence-corrected chi connectivity index (χ0v) is 14.5. The Morgan fingerprint density at radius 2 is 1.95 bits per heavy atom. The second-order valence-corrected chi connectivity index (χ2v) is 7.76. The summed E-state index contributed by atoms with van der Waals surface area (Å²) in [6.07, 6.45) is 4.01. The Bertz CT molecular complexity index is 459. The van der Waals surface area contributed by atoms with Crippen LogP contribution >= 0.6 is 0 Å². The molecule has 1 aliphatic heterocycles. The number of rotatable bonds is 3. The SMILES string of the molecule is Cc1ccc(N2CCCC(C)CC2)c(CNC(C)(C)C)c1. The molecule has 1 unspecified atom stereocenters. The van der Waals surface area contributed by atoms with E-state index in [-0.39, 0.29) is 5.54 Å². The summed E-state index contributed by atoms with van der Waals surface area (Å²) >= 11 is 0. The Morgan fingerprint density at radius 1 is 1.19 bits per heavy atom. The van der Waals surface area contributed by atoms with E-state index in [0.29, 0.717) is 0 Å². The number of nitrogens with one attached hydrogen (secondary N) is 1. The van der Waals surface area contributed by atoms with Crippen LogP contribution in [0.4, 0.5) is 5.69 Å². The summed E-state index contributed by atoms with van der Waals surface area (Å²) in [5, 5.41) is 3.64. The number of hydrogen-bond donors (Lipinski definition) is 1. The highest BCUT2D eigenvalue weighted by molar-refractivity contribution is 5.55. The van der Waals surface area contributed by atoms with Gasteiger partial charge in [-0.05, 0) is 64.5 Å². The molecule has 1 heterocycles. The number of benzene rings is 1. The van der Waals surface area contributed by atoms with Crippen LogP contribution in [0, 0.1) is 12.8 Å². The van der Waals surface area contributed by atoms with Gasteiger partial charge >= 0.3 is 0 Å². The molecule has 0 saturated carbocycles. The smallest absolute Gasteiger partial charge is 0.0412 e. The summed E-state index contributed by atoms with van der Waals surface area (Å²) in [5.74, 6) is 0.872. The Morgan fingerprint density at radius 3 is 2.67 bits per heavy atom. The Kier molecular flexibility index (Phi) is 5.32. The van der Waals surface area contributed by atoms with Crippen LogP contribution in [0.2, 0.25) is 0 Å². The van der Waals surface area contributed by atoms with Gasteiger partial charge in [0.2, 0.25) is 0 Å².